The molecule has 3 N–H and O–H groups in total. The maximum absolute atomic E-state index is 11.8. The zero-order chi connectivity index (χ0) is 15.3. The van der Waals surface area contributed by atoms with Gasteiger partial charge in [-0.15, -0.1) is 11.8 Å². The standard InChI is InChI=1S/C12H21N3O4S/c1-12(2,3)14-9(16)4-5-13-11(19)15-7-20-6-8(15)10(17)18/h8H,4-7H2,1-3H3,(H,13,19)(H,14,16)(H,17,18). The lowest BCUT2D eigenvalue weighted by molar-refractivity contribution is -0.140. The minimum atomic E-state index is -1.00. The quantitative estimate of drug-likeness (QED) is 0.701. The van der Waals surface area contributed by atoms with E-state index in [-0.39, 0.29) is 24.4 Å². The van der Waals surface area contributed by atoms with Crippen molar-refractivity contribution in [1.29, 1.82) is 0 Å². The Kier molecular flexibility index (Phi) is 5.67. The number of urea groups is 1. The van der Waals surface area contributed by atoms with Gasteiger partial charge in [0, 0.05) is 24.3 Å². The molecule has 1 atom stereocenters. The molecule has 1 fully saturated rings. The molecule has 20 heavy (non-hydrogen) atoms. The topological polar surface area (TPSA) is 98.7 Å². The molecule has 0 spiro atoms. The molecule has 0 bridgehead atoms. The van der Waals surface area contributed by atoms with E-state index in [1.807, 2.05) is 20.8 Å². The summed E-state index contributed by atoms with van der Waals surface area (Å²) in [5, 5.41) is 14.3. The van der Waals surface area contributed by atoms with Gasteiger partial charge in [0.15, 0.2) is 0 Å². The number of carboxylic acid groups (broad SMARTS) is 1. The maximum atomic E-state index is 11.8. The Morgan fingerprint density at radius 3 is 2.55 bits per heavy atom. The molecule has 1 rings (SSSR count). The van der Waals surface area contributed by atoms with Gasteiger partial charge < -0.3 is 20.6 Å². The van der Waals surface area contributed by atoms with Crippen molar-refractivity contribution in [3.05, 3.63) is 0 Å². The van der Waals surface area contributed by atoms with Crippen LogP contribution in [0.15, 0.2) is 0 Å². The van der Waals surface area contributed by atoms with Gasteiger partial charge in [-0.3, -0.25) is 4.79 Å². The number of hydrogen-bond acceptors (Lipinski definition) is 4. The number of amides is 3. The van der Waals surface area contributed by atoms with Crippen molar-refractivity contribution in [2.45, 2.75) is 38.8 Å². The summed E-state index contributed by atoms with van der Waals surface area (Å²) in [6, 6.07) is -1.23. The minimum Gasteiger partial charge on any atom is -0.480 e. The van der Waals surface area contributed by atoms with E-state index in [2.05, 4.69) is 10.6 Å². The molecule has 0 saturated carbocycles. The lowest BCUT2D eigenvalue weighted by Gasteiger charge is -2.22. The summed E-state index contributed by atoms with van der Waals surface area (Å²) >= 11 is 1.40. The molecule has 1 unspecified atom stereocenters. The molecule has 0 aliphatic carbocycles. The Morgan fingerprint density at radius 1 is 1.35 bits per heavy atom. The van der Waals surface area contributed by atoms with Crippen molar-refractivity contribution in [2.75, 3.05) is 18.2 Å². The van der Waals surface area contributed by atoms with Gasteiger partial charge in [-0.1, -0.05) is 0 Å². The third-order valence-electron chi connectivity index (χ3n) is 2.57. The minimum absolute atomic E-state index is 0.150. The predicted molar refractivity (Wildman–Crippen MR) is 76.5 cm³/mol. The predicted octanol–water partition coefficient (Wildman–Crippen LogP) is 0.460. The molecular formula is C12H21N3O4S. The van der Waals surface area contributed by atoms with Crippen LogP contribution >= 0.6 is 11.8 Å². The summed E-state index contributed by atoms with van der Waals surface area (Å²) in [6.07, 6.45) is 0.168. The highest BCUT2D eigenvalue weighted by Crippen LogP contribution is 2.20. The molecule has 1 aliphatic rings. The van der Waals surface area contributed by atoms with Gasteiger partial charge in [0.25, 0.3) is 0 Å². The largest absolute Gasteiger partial charge is 0.480 e. The number of thioether (sulfide) groups is 1. The number of hydrogen-bond donors (Lipinski definition) is 3. The maximum Gasteiger partial charge on any atom is 0.327 e. The van der Waals surface area contributed by atoms with Crippen molar-refractivity contribution < 1.29 is 19.5 Å². The smallest absolute Gasteiger partial charge is 0.327 e. The van der Waals surface area contributed by atoms with Crippen LogP contribution in [0.1, 0.15) is 27.2 Å². The van der Waals surface area contributed by atoms with Gasteiger partial charge in [-0.25, -0.2) is 9.59 Å². The second kappa shape index (κ2) is 6.83. The van der Waals surface area contributed by atoms with Crippen LogP contribution in [0.5, 0.6) is 0 Å². The molecule has 1 heterocycles. The van der Waals surface area contributed by atoms with Gasteiger partial charge >= 0.3 is 12.0 Å². The van der Waals surface area contributed by atoms with Crippen LogP contribution in [-0.2, 0) is 9.59 Å². The van der Waals surface area contributed by atoms with E-state index >= 15 is 0 Å². The Balaban J connectivity index is 2.33. The van der Waals surface area contributed by atoms with E-state index in [1.54, 1.807) is 0 Å². The summed E-state index contributed by atoms with van der Waals surface area (Å²) < 4.78 is 0. The first kappa shape index (κ1) is 16.6. The van der Waals surface area contributed by atoms with E-state index in [4.69, 9.17) is 5.11 Å². The molecular weight excluding hydrogens is 282 g/mol. The lowest BCUT2D eigenvalue weighted by Crippen LogP contribution is -2.48. The first-order valence-electron chi connectivity index (χ1n) is 6.37. The molecule has 0 aromatic heterocycles. The third-order valence-corrected chi connectivity index (χ3v) is 3.58. The average Bonchev–Trinajstić information content (AvgIpc) is 2.74. The first-order valence-corrected chi connectivity index (χ1v) is 7.52. The first-order chi connectivity index (χ1) is 9.20. The highest BCUT2D eigenvalue weighted by atomic mass is 32.2. The van der Waals surface area contributed by atoms with Crippen LogP contribution in [0.4, 0.5) is 4.79 Å². The Labute approximate surface area is 122 Å². The van der Waals surface area contributed by atoms with Crippen LogP contribution in [0.2, 0.25) is 0 Å². The second-order valence-corrected chi connectivity index (χ2v) is 6.60. The summed E-state index contributed by atoms with van der Waals surface area (Å²) in [6.45, 7) is 5.82. The van der Waals surface area contributed by atoms with Gasteiger partial charge in [0.05, 0.1) is 5.88 Å². The van der Waals surface area contributed by atoms with E-state index in [9.17, 15) is 14.4 Å². The molecule has 7 nitrogen and oxygen atoms in total. The van der Waals surface area contributed by atoms with E-state index in [1.165, 1.54) is 16.7 Å². The fourth-order valence-electron chi connectivity index (χ4n) is 1.71. The molecule has 3 amide bonds. The molecule has 114 valence electrons. The number of carbonyl (C=O) groups is 3. The number of nitrogens with zero attached hydrogens (tertiary/aromatic N) is 1. The molecule has 8 heteroatoms. The fourth-order valence-corrected chi connectivity index (χ4v) is 2.86. The van der Waals surface area contributed by atoms with E-state index < -0.39 is 18.0 Å². The van der Waals surface area contributed by atoms with Crippen LogP contribution < -0.4 is 10.6 Å². The number of carbonyl (C=O) groups excluding carboxylic acids is 2. The molecule has 1 saturated heterocycles. The number of nitrogens with one attached hydrogen (secondary N) is 2. The highest BCUT2D eigenvalue weighted by Gasteiger charge is 2.34. The number of aliphatic carboxylic acids is 1. The van der Waals surface area contributed by atoms with Gasteiger partial charge in [0.1, 0.15) is 6.04 Å². The van der Waals surface area contributed by atoms with Crippen LogP contribution in [-0.4, -0.2) is 57.7 Å². The normalized spacial score (nSPS) is 18.8. The molecule has 1 aliphatic heterocycles. The second-order valence-electron chi connectivity index (χ2n) is 5.60. The van der Waals surface area contributed by atoms with E-state index in [0.29, 0.717) is 11.6 Å². The van der Waals surface area contributed by atoms with Crippen molar-refractivity contribution >= 4 is 29.7 Å². The summed E-state index contributed by atoms with van der Waals surface area (Å²) in [5.41, 5.74) is -0.304. The fraction of sp³-hybridized carbons (Fsp3) is 0.750. The van der Waals surface area contributed by atoms with Crippen molar-refractivity contribution in [3.63, 3.8) is 0 Å². The summed E-state index contributed by atoms with van der Waals surface area (Å²) in [4.78, 5) is 35.6. The number of rotatable bonds is 4. The SMILES string of the molecule is CC(C)(C)NC(=O)CCNC(=O)N1CSCC1C(=O)O. The number of carboxylic acids is 1. The molecule has 0 aromatic carbocycles. The monoisotopic (exact) mass is 303 g/mol. The van der Waals surface area contributed by atoms with Crippen molar-refractivity contribution in [2.24, 2.45) is 0 Å². The van der Waals surface area contributed by atoms with Crippen LogP contribution in [0.25, 0.3) is 0 Å². The van der Waals surface area contributed by atoms with Gasteiger partial charge in [-0.2, -0.15) is 0 Å². The lowest BCUT2D eigenvalue weighted by atomic mass is 10.1. The Hall–Kier alpha value is -1.44. The Bertz CT molecular complexity index is 395. The Morgan fingerprint density at radius 2 is 2.00 bits per heavy atom. The highest BCUT2D eigenvalue weighted by molar-refractivity contribution is 7.99. The molecule has 0 radical (unpaired) electrons. The zero-order valence-electron chi connectivity index (χ0n) is 11.9. The van der Waals surface area contributed by atoms with Gasteiger partial charge in [0.2, 0.25) is 5.91 Å². The van der Waals surface area contributed by atoms with Crippen molar-refractivity contribution in [3.8, 4) is 0 Å². The van der Waals surface area contributed by atoms with Crippen molar-refractivity contribution in [1.82, 2.24) is 15.5 Å². The van der Waals surface area contributed by atoms with Gasteiger partial charge in [-0.05, 0) is 20.8 Å². The molecule has 0 aromatic rings. The summed E-state index contributed by atoms with van der Waals surface area (Å²) in [5.74, 6) is -0.399. The van der Waals surface area contributed by atoms with Crippen LogP contribution in [0, 0.1) is 0 Å². The van der Waals surface area contributed by atoms with Crippen LogP contribution in [0.3, 0.4) is 0 Å². The average molecular weight is 303 g/mol. The summed E-state index contributed by atoms with van der Waals surface area (Å²) in [7, 11) is 0. The zero-order valence-corrected chi connectivity index (χ0v) is 12.7. The third kappa shape index (κ3) is 5.28. The van der Waals surface area contributed by atoms with E-state index in [0.717, 1.165) is 0 Å².